The maximum atomic E-state index is 11.2. The van der Waals surface area contributed by atoms with Gasteiger partial charge in [0.1, 0.15) is 5.69 Å². The van der Waals surface area contributed by atoms with Crippen LogP contribution in [0.15, 0.2) is 0 Å². The minimum atomic E-state index is -3.04. The Hall–Kier alpha value is -1.17. The van der Waals surface area contributed by atoms with E-state index in [1.54, 1.807) is 0 Å². The standard InChI is InChI=1S/C7H8N2O3S/c1-4(10)7-5-2-13(11,12)3-6(5)8-9-7/h2-3H2,1H3,(H,8,9). The average molecular weight is 200 g/mol. The molecule has 0 unspecified atom stereocenters. The summed E-state index contributed by atoms with van der Waals surface area (Å²) in [5.41, 5.74) is 1.37. The van der Waals surface area contributed by atoms with Crippen molar-refractivity contribution in [3.63, 3.8) is 0 Å². The molecule has 0 amide bonds. The second kappa shape index (κ2) is 2.41. The monoisotopic (exact) mass is 200 g/mol. The molecule has 1 aromatic heterocycles. The molecule has 2 heterocycles. The number of nitrogens with zero attached hydrogens (tertiary/aromatic N) is 1. The normalized spacial score (nSPS) is 18.5. The molecule has 1 aliphatic heterocycles. The number of fused-ring (bicyclic) bond motifs is 1. The molecule has 0 aromatic carbocycles. The predicted molar refractivity (Wildman–Crippen MR) is 44.9 cm³/mol. The number of carbonyl (C=O) groups is 1. The average Bonchev–Trinajstić information content (AvgIpc) is 2.41. The molecule has 1 aliphatic rings. The Kier molecular flexibility index (Phi) is 1.56. The number of ketones is 1. The van der Waals surface area contributed by atoms with E-state index in [4.69, 9.17) is 0 Å². The lowest BCUT2D eigenvalue weighted by Gasteiger charge is -1.91. The molecule has 0 saturated heterocycles. The van der Waals surface area contributed by atoms with Crippen LogP contribution in [0, 0.1) is 0 Å². The van der Waals surface area contributed by atoms with Gasteiger partial charge in [0.25, 0.3) is 0 Å². The first kappa shape index (κ1) is 8.43. The number of aromatic nitrogens is 2. The summed E-state index contributed by atoms with van der Waals surface area (Å²) in [6.07, 6.45) is 0. The van der Waals surface area contributed by atoms with Gasteiger partial charge in [0.2, 0.25) is 0 Å². The summed E-state index contributed by atoms with van der Waals surface area (Å²) in [4.78, 5) is 11.0. The molecule has 6 heteroatoms. The summed E-state index contributed by atoms with van der Waals surface area (Å²) in [7, 11) is -3.04. The van der Waals surface area contributed by atoms with Crippen molar-refractivity contribution in [1.29, 1.82) is 0 Å². The summed E-state index contributed by atoms with van der Waals surface area (Å²) in [5.74, 6) is -0.286. The van der Waals surface area contributed by atoms with Crippen LogP contribution in [0.1, 0.15) is 28.7 Å². The van der Waals surface area contributed by atoms with E-state index in [0.717, 1.165) is 0 Å². The van der Waals surface area contributed by atoms with Crippen molar-refractivity contribution in [1.82, 2.24) is 10.2 Å². The lowest BCUT2D eigenvalue weighted by molar-refractivity contribution is 0.101. The van der Waals surface area contributed by atoms with E-state index in [1.807, 2.05) is 0 Å². The van der Waals surface area contributed by atoms with Crippen LogP contribution in [-0.2, 0) is 21.3 Å². The summed E-state index contributed by atoms with van der Waals surface area (Å²) in [6.45, 7) is 1.38. The zero-order valence-electron chi connectivity index (χ0n) is 6.99. The number of hydrogen-bond acceptors (Lipinski definition) is 4. The van der Waals surface area contributed by atoms with Gasteiger partial charge in [-0.15, -0.1) is 0 Å². The molecule has 1 aromatic rings. The Labute approximate surface area is 75.1 Å². The number of sulfone groups is 1. The summed E-state index contributed by atoms with van der Waals surface area (Å²) in [6, 6.07) is 0. The van der Waals surface area contributed by atoms with E-state index in [0.29, 0.717) is 11.3 Å². The number of aromatic amines is 1. The van der Waals surface area contributed by atoms with Gasteiger partial charge in [-0.25, -0.2) is 8.42 Å². The minimum Gasteiger partial charge on any atom is -0.293 e. The summed E-state index contributed by atoms with van der Waals surface area (Å²) in [5, 5.41) is 6.34. The van der Waals surface area contributed by atoms with E-state index in [2.05, 4.69) is 10.2 Å². The van der Waals surface area contributed by atoms with Crippen LogP contribution in [0.25, 0.3) is 0 Å². The molecule has 0 aliphatic carbocycles. The highest BCUT2D eigenvalue weighted by Gasteiger charge is 2.30. The summed E-state index contributed by atoms with van der Waals surface area (Å²) >= 11 is 0. The molecule has 0 atom stereocenters. The van der Waals surface area contributed by atoms with Crippen LogP contribution in [0.4, 0.5) is 0 Å². The van der Waals surface area contributed by atoms with E-state index >= 15 is 0 Å². The third-order valence-electron chi connectivity index (χ3n) is 2.01. The molecule has 0 radical (unpaired) electrons. The SMILES string of the molecule is CC(=O)c1n[nH]c2c1CS(=O)(=O)C2. The van der Waals surface area contributed by atoms with Crippen molar-refractivity contribution >= 4 is 15.6 Å². The predicted octanol–water partition coefficient (Wildman–Crippen LogP) is 0.0407. The third kappa shape index (κ3) is 1.27. The molecular weight excluding hydrogens is 192 g/mol. The van der Waals surface area contributed by atoms with Crippen LogP contribution < -0.4 is 0 Å². The van der Waals surface area contributed by atoms with Crippen molar-refractivity contribution < 1.29 is 13.2 Å². The summed E-state index contributed by atoms with van der Waals surface area (Å²) < 4.78 is 22.3. The number of carbonyl (C=O) groups excluding carboxylic acids is 1. The molecule has 13 heavy (non-hydrogen) atoms. The number of H-pyrrole nitrogens is 1. The topological polar surface area (TPSA) is 79.9 Å². The largest absolute Gasteiger partial charge is 0.293 e. The van der Waals surface area contributed by atoms with Gasteiger partial charge in [-0.2, -0.15) is 5.10 Å². The van der Waals surface area contributed by atoms with Gasteiger partial charge in [-0.1, -0.05) is 0 Å². The first-order valence-corrected chi connectivity index (χ1v) is 5.59. The lowest BCUT2D eigenvalue weighted by Crippen LogP contribution is -2.02. The van der Waals surface area contributed by atoms with Gasteiger partial charge >= 0.3 is 0 Å². The maximum absolute atomic E-state index is 11.2. The Bertz CT molecular complexity index is 472. The number of nitrogens with one attached hydrogen (secondary N) is 1. The molecule has 0 saturated carbocycles. The van der Waals surface area contributed by atoms with E-state index < -0.39 is 9.84 Å². The molecule has 70 valence electrons. The van der Waals surface area contributed by atoms with E-state index in [9.17, 15) is 13.2 Å². The lowest BCUT2D eigenvalue weighted by atomic mass is 10.2. The van der Waals surface area contributed by atoms with Crippen LogP contribution in [0.5, 0.6) is 0 Å². The van der Waals surface area contributed by atoms with Crippen molar-refractivity contribution in [3.05, 3.63) is 17.0 Å². The molecule has 0 spiro atoms. The second-order valence-corrected chi connectivity index (χ2v) is 5.18. The van der Waals surface area contributed by atoms with Crippen LogP contribution in [0.3, 0.4) is 0 Å². The fraction of sp³-hybridized carbons (Fsp3) is 0.429. The van der Waals surface area contributed by atoms with Crippen molar-refractivity contribution in [2.24, 2.45) is 0 Å². The Morgan fingerprint density at radius 3 is 2.77 bits per heavy atom. The highest BCUT2D eigenvalue weighted by Crippen LogP contribution is 2.25. The van der Waals surface area contributed by atoms with Crippen molar-refractivity contribution in [2.75, 3.05) is 0 Å². The third-order valence-corrected chi connectivity index (χ3v) is 3.47. The van der Waals surface area contributed by atoms with Gasteiger partial charge < -0.3 is 0 Å². The fourth-order valence-corrected chi connectivity index (χ4v) is 2.99. The Morgan fingerprint density at radius 1 is 1.46 bits per heavy atom. The van der Waals surface area contributed by atoms with Gasteiger partial charge in [-0.05, 0) is 0 Å². The van der Waals surface area contributed by atoms with E-state index in [1.165, 1.54) is 6.92 Å². The van der Waals surface area contributed by atoms with Gasteiger partial charge in [0, 0.05) is 12.5 Å². The van der Waals surface area contributed by atoms with Gasteiger partial charge in [0.05, 0.1) is 17.2 Å². The molecule has 1 N–H and O–H groups in total. The van der Waals surface area contributed by atoms with Crippen LogP contribution >= 0.6 is 0 Å². The highest BCUT2D eigenvalue weighted by atomic mass is 32.2. The molecular formula is C7H8N2O3S. The van der Waals surface area contributed by atoms with Gasteiger partial charge in [-0.3, -0.25) is 9.89 Å². The maximum Gasteiger partial charge on any atom is 0.180 e. The second-order valence-electron chi connectivity index (χ2n) is 3.12. The first-order valence-electron chi connectivity index (χ1n) is 3.77. The molecule has 2 rings (SSSR count). The smallest absolute Gasteiger partial charge is 0.180 e. The number of hydrogen-bond donors (Lipinski definition) is 1. The zero-order valence-corrected chi connectivity index (χ0v) is 7.81. The van der Waals surface area contributed by atoms with Gasteiger partial charge in [0.15, 0.2) is 15.6 Å². The molecule has 5 nitrogen and oxygen atoms in total. The van der Waals surface area contributed by atoms with E-state index in [-0.39, 0.29) is 23.0 Å². The molecule has 0 bridgehead atoms. The zero-order chi connectivity index (χ0) is 9.64. The van der Waals surface area contributed by atoms with Crippen molar-refractivity contribution in [2.45, 2.75) is 18.4 Å². The van der Waals surface area contributed by atoms with Crippen LogP contribution in [-0.4, -0.2) is 24.4 Å². The minimum absolute atomic E-state index is 0.0252. The fourth-order valence-electron chi connectivity index (χ4n) is 1.46. The first-order chi connectivity index (χ1) is 5.99. The highest BCUT2D eigenvalue weighted by molar-refractivity contribution is 7.90. The van der Waals surface area contributed by atoms with Crippen LogP contribution in [0.2, 0.25) is 0 Å². The Morgan fingerprint density at radius 2 is 2.15 bits per heavy atom. The quantitative estimate of drug-likeness (QED) is 0.649. The number of Topliss-reactive ketones (excluding diaryl/α,β-unsaturated/α-hetero) is 1. The molecule has 0 fully saturated rings. The number of rotatable bonds is 1. The van der Waals surface area contributed by atoms with Crippen molar-refractivity contribution in [3.8, 4) is 0 Å². The Balaban J connectivity index is 2.55.